The van der Waals surface area contributed by atoms with E-state index < -0.39 is 65.4 Å². The number of carbonyl (C=O) groups excluding carboxylic acids is 3. The minimum atomic E-state index is -4.24. The number of aliphatic hydroxyl groups excluding tert-OH is 1. The van der Waals surface area contributed by atoms with E-state index in [4.69, 9.17) is 14.2 Å². The standard InChI is InChI=1S/C24H27NO9S/c1-15-9-11-19(12-10-15)35(30,31)25-13-21(32-16(2)27)23(33-17(3)28)22(20(25)14-26)34-24(29)18-7-5-4-6-8-18/h4-12,20-23,26H,13-14H2,1-3H3/t20-,21-,22-,23-/m0/s1. The third kappa shape index (κ3) is 6.05. The molecule has 0 radical (unpaired) electrons. The second kappa shape index (κ2) is 11.0. The van der Waals surface area contributed by atoms with Gasteiger partial charge in [0.1, 0.15) is 0 Å². The van der Waals surface area contributed by atoms with Gasteiger partial charge in [0, 0.05) is 13.8 Å². The van der Waals surface area contributed by atoms with Gasteiger partial charge in [-0.25, -0.2) is 13.2 Å². The van der Waals surface area contributed by atoms with E-state index in [-0.39, 0.29) is 10.5 Å². The first-order valence-electron chi connectivity index (χ1n) is 10.8. The molecule has 0 unspecified atom stereocenters. The monoisotopic (exact) mass is 505 g/mol. The molecule has 35 heavy (non-hydrogen) atoms. The Morgan fingerprint density at radius 3 is 2.06 bits per heavy atom. The van der Waals surface area contributed by atoms with Crippen molar-refractivity contribution >= 4 is 27.9 Å². The first-order valence-corrected chi connectivity index (χ1v) is 12.3. The van der Waals surface area contributed by atoms with Gasteiger partial charge in [-0.1, -0.05) is 35.9 Å². The Labute approximate surface area is 203 Å². The predicted molar refractivity (Wildman–Crippen MR) is 123 cm³/mol. The Bertz CT molecular complexity index is 1170. The van der Waals surface area contributed by atoms with Crippen molar-refractivity contribution in [2.24, 2.45) is 0 Å². The number of nitrogens with zero attached hydrogens (tertiary/aromatic N) is 1. The van der Waals surface area contributed by atoms with Crippen molar-refractivity contribution in [3.8, 4) is 0 Å². The molecule has 10 nitrogen and oxygen atoms in total. The van der Waals surface area contributed by atoms with Crippen molar-refractivity contribution < 1.29 is 42.1 Å². The van der Waals surface area contributed by atoms with Crippen LogP contribution in [0.2, 0.25) is 0 Å². The molecule has 1 heterocycles. The highest BCUT2D eigenvalue weighted by molar-refractivity contribution is 7.89. The van der Waals surface area contributed by atoms with Crippen LogP contribution in [0, 0.1) is 6.92 Å². The van der Waals surface area contributed by atoms with Crippen LogP contribution in [0.15, 0.2) is 59.5 Å². The van der Waals surface area contributed by atoms with Crippen LogP contribution in [0.25, 0.3) is 0 Å². The minimum absolute atomic E-state index is 0.0674. The molecule has 0 bridgehead atoms. The summed E-state index contributed by atoms with van der Waals surface area (Å²) in [5, 5.41) is 10.2. The smallest absolute Gasteiger partial charge is 0.338 e. The number of benzene rings is 2. The summed E-state index contributed by atoms with van der Waals surface area (Å²) in [5.41, 5.74) is 0.997. The third-order valence-corrected chi connectivity index (χ3v) is 7.39. The molecular formula is C24H27NO9S. The van der Waals surface area contributed by atoms with Crippen LogP contribution >= 0.6 is 0 Å². The van der Waals surface area contributed by atoms with Crippen LogP contribution in [0.4, 0.5) is 0 Å². The highest BCUT2D eigenvalue weighted by atomic mass is 32.2. The SMILES string of the molecule is CC(=O)O[C@@H]1[C@@H](OC(=O)c2ccccc2)[C@H](CO)N(S(=O)(=O)c2ccc(C)cc2)C[C@@H]1OC(C)=O. The molecule has 0 amide bonds. The summed E-state index contributed by atoms with van der Waals surface area (Å²) < 4.78 is 44.3. The highest BCUT2D eigenvalue weighted by Crippen LogP contribution is 2.31. The number of hydrogen-bond donors (Lipinski definition) is 1. The number of aliphatic hydroxyl groups is 1. The highest BCUT2D eigenvalue weighted by Gasteiger charge is 2.53. The molecule has 4 atom stereocenters. The zero-order chi connectivity index (χ0) is 25.8. The fraction of sp³-hybridized carbons (Fsp3) is 0.375. The second-order valence-electron chi connectivity index (χ2n) is 8.10. The van der Waals surface area contributed by atoms with Crippen LogP contribution in [0.1, 0.15) is 29.8 Å². The number of rotatable bonds is 7. The summed E-state index contributed by atoms with van der Waals surface area (Å²) in [7, 11) is -4.24. The Morgan fingerprint density at radius 1 is 0.914 bits per heavy atom. The van der Waals surface area contributed by atoms with Crippen molar-refractivity contribution in [1.82, 2.24) is 4.31 Å². The maximum absolute atomic E-state index is 13.6. The van der Waals surface area contributed by atoms with Gasteiger partial charge in [-0.2, -0.15) is 4.31 Å². The van der Waals surface area contributed by atoms with Gasteiger partial charge < -0.3 is 19.3 Å². The summed E-state index contributed by atoms with van der Waals surface area (Å²) in [4.78, 5) is 36.5. The predicted octanol–water partition coefficient (Wildman–Crippen LogP) is 1.45. The molecule has 2 aromatic rings. The van der Waals surface area contributed by atoms with Gasteiger partial charge in [0.25, 0.3) is 0 Å². The molecule has 3 rings (SSSR count). The molecule has 1 N–H and O–H groups in total. The van der Waals surface area contributed by atoms with E-state index in [2.05, 4.69) is 0 Å². The van der Waals surface area contributed by atoms with E-state index in [9.17, 15) is 27.9 Å². The Hall–Kier alpha value is -3.28. The number of hydrogen-bond acceptors (Lipinski definition) is 9. The van der Waals surface area contributed by atoms with Gasteiger partial charge in [-0.15, -0.1) is 0 Å². The second-order valence-corrected chi connectivity index (χ2v) is 9.99. The van der Waals surface area contributed by atoms with Crippen LogP contribution < -0.4 is 0 Å². The summed E-state index contributed by atoms with van der Waals surface area (Å²) in [6.07, 6.45) is -4.13. The van der Waals surface area contributed by atoms with Gasteiger partial charge in [0.2, 0.25) is 10.0 Å². The number of aryl methyl sites for hydroxylation is 1. The molecule has 0 saturated carbocycles. The van der Waals surface area contributed by atoms with Gasteiger partial charge in [-0.05, 0) is 31.2 Å². The average Bonchev–Trinajstić information content (AvgIpc) is 2.81. The number of piperidine rings is 1. The number of carbonyl (C=O) groups is 3. The lowest BCUT2D eigenvalue weighted by Gasteiger charge is -2.45. The lowest BCUT2D eigenvalue weighted by atomic mass is 9.95. The number of sulfonamides is 1. The maximum Gasteiger partial charge on any atom is 0.338 e. The van der Waals surface area contributed by atoms with Gasteiger partial charge in [0.15, 0.2) is 18.3 Å². The summed E-state index contributed by atoms with van der Waals surface area (Å²) in [6, 6.07) is 12.6. The molecule has 2 aromatic carbocycles. The van der Waals surface area contributed by atoms with Gasteiger partial charge in [-0.3, -0.25) is 9.59 Å². The van der Waals surface area contributed by atoms with E-state index >= 15 is 0 Å². The van der Waals surface area contributed by atoms with E-state index in [0.29, 0.717) is 0 Å². The number of esters is 3. The van der Waals surface area contributed by atoms with Crippen molar-refractivity contribution in [1.29, 1.82) is 0 Å². The Balaban J connectivity index is 2.08. The lowest BCUT2D eigenvalue weighted by Crippen LogP contribution is -2.66. The first-order chi connectivity index (χ1) is 16.5. The zero-order valence-corrected chi connectivity index (χ0v) is 20.3. The van der Waals surface area contributed by atoms with Crippen LogP contribution in [-0.2, 0) is 33.8 Å². The molecular weight excluding hydrogens is 478 g/mol. The summed E-state index contributed by atoms with van der Waals surface area (Å²) >= 11 is 0. The number of ether oxygens (including phenoxy) is 3. The fourth-order valence-corrected chi connectivity index (χ4v) is 5.53. The molecule has 1 aliphatic rings. The quantitative estimate of drug-likeness (QED) is 0.438. The van der Waals surface area contributed by atoms with Crippen LogP contribution in [0.5, 0.6) is 0 Å². The van der Waals surface area contributed by atoms with Crippen LogP contribution in [-0.4, -0.2) is 73.2 Å². The maximum atomic E-state index is 13.6. The molecule has 188 valence electrons. The van der Waals surface area contributed by atoms with E-state index in [1.165, 1.54) is 24.3 Å². The average molecular weight is 506 g/mol. The van der Waals surface area contributed by atoms with Crippen molar-refractivity contribution in [2.45, 2.75) is 50.0 Å². The van der Waals surface area contributed by atoms with Crippen molar-refractivity contribution in [3.63, 3.8) is 0 Å². The van der Waals surface area contributed by atoms with Crippen LogP contribution in [0.3, 0.4) is 0 Å². The topological polar surface area (TPSA) is 137 Å². The zero-order valence-electron chi connectivity index (χ0n) is 19.5. The van der Waals surface area contributed by atoms with Crippen molar-refractivity contribution in [3.05, 3.63) is 65.7 Å². The van der Waals surface area contributed by atoms with Gasteiger partial charge >= 0.3 is 17.9 Å². The molecule has 1 saturated heterocycles. The third-order valence-electron chi connectivity index (χ3n) is 5.49. The Morgan fingerprint density at radius 2 is 1.51 bits per heavy atom. The Kier molecular flexibility index (Phi) is 8.26. The normalized spacial score (nSPS) is 22.7. The van der Waals surface area contributed by atoms with E-state index in [1.807, 2.05) is 0 Å². The van der Waals surface area contributed by atoms with Gasteiger partial charge in [0.05, 0.1) is 29.7 Å². The van der Waals surface area contributed by atoms with E-state index in [1.54, 1.807) is 37.3 Å². The van der Waals surface area contributed by atoms with Crippen molar-refractivity contribution in [2.75, 3.05) is 13.2 Å². The fourth-order valence-electron chi connectivity index (χ4n) is 3.89. The molecule has 0 aliphatic carbocycles. The van der Waals surface area contributed by atoms with E-state index in [0.717, 1.165) is 23.7 Å². The molecule has 1 aliphatic heterocycles. The summed E-state index contributed by atoms with van der Waals surface area (Å²) in [5.74, 6) is -2.35. The lowest BCUT2D eigenvalue weighted by molar-refractivity contribution is -0.190. The molecule has 0 spiro atoms. The minimum Gasteiger partial charge on any atom is -0.457 e. The molecule has 1 fully saturated rings. The summed E-state index contributed by atoms with van der Waals surface area (Å²) in [6.45, 7) is 2.84. The molecule has 0 aromatic heterocycles. The first kappa shape index (κ1) is 26.3. The largest absolute Gasteiger partial charge is 0.457 e. The molecule has 11 heteroatoms.